The van der Waals surface area contributed by atoms with Crippen molar-refractivity contribution in [1.29, 1.82) is 0 Å². The summed E-state index contributed by atoms with van der Waals surface area (Å²) >= 11 is 0. The predicted molar refractivity (Wildman–Crippen MR) is 72.5 cm³/mol. The lowest BCUT2D eigenvalue weighted by molar-refractivity contribution is 0.0990. The molecule has 0 fully saturated rings. The van der Waals surface area contributed by atoms with Crippen LogP contribution >= 0.6 is 0 Å². The summed E-state index contributed by atoms with van der Waals surface area (Å²) in [5.74, 6) is -0.552. The Balaban J connectivity index is 2.30. The van der Waals surface area contributed by atoms with Crippen LogP contribution in [0.5, 0.6) is 5.75 Å². The van der Waals surface area contributed by atoms with Gasteiger partial charge in [0, 0.05) is 12.0 Å². The lowest BCUT2D eigenvalue weighted by Crippen LogP contribution is -2.10. The van der Waals surface area contributed by atoms with Gasteiger partial charge < -0.3 is 4.74 Å². The first-order valence-corrected chi connectivity index (χ1v) is 6.18. The predicted octanol–water partition coefficient (Wildman–Crippen LogP) is 2.67. The number of ketones is 1. The molecule has 1 heterocycles. The Morgan fingerprint density at radius 1 is 1.30 bits per heavy atom. The maximum atomic E-state index is 14.0. The number of hydrogen-bond donors (Lipinski definition) is 0. The highest BCUT2D eigenvalue weighted by Gasteiger charge is 2.16. The number of benzene rings is 1. The lowest BCUT2D eigenvalue weighted by atomic mass is 10.0. The standard InChI is InChI=1S/C15H15FN2O2/c1-9-7-12(10(2)18-17-9)13(19)8-11-5-4-6-14(20-3)15(11)16/h4-7H,8H2,1-3H3. The van der Waals surface area contributed by atoms with Crippen LogP contribution in [0, 0.1) is 19.7 Å². The Labute approximate surface area is 116 Å². The van der Waals surface area contributed by atoms with E-state index in [2.05, 4.69) is 10.2 Å². The number of nitrogens with zero attached hydrogens (tertiary/aromatic N) is 2. The van der Waals surface area contributed by atoms with E-state index >= 15 is 0 Å². The van der Waals surface area contributed by atoms with Gasteiger partial charge in [-0.25, -0.2) is 4.39 Å². The van der Waals surface area contributed by atoms with Crippen molar-refractivity contribution in [2.24, 2.45) is 0 Å². The van der Waals surface area contributed by atoms with Crippen molar-refractivity contribution < 1.29 is 13.9 Å². The van der Waals surface area contributed by atoms with Crippen LogP contribution in [0.15, 0.2) is 24.3 Å². The van der Waals surface area contributed by atoms with Gasteiger partial charge in [-0.1, -0.05) is 12.1 Å². The molecule has 0 aliphatic carbocycles. The van der Waals surface area contributed by atoms with Crippen LogP contribution < -0.4 is 4.74 Å². The molecule has 0 aliphatic heterocycles. The molecule has 0 atom stereocenters. The second-order valence-electron chi connectivity index (χ2n) is 4.52. The fourth-order valence-corrected chi connectivity index (χ4v) is 1.95. The summed E-state index contributed by atoms with van der Waals surface area (Å²) in [6, 6.07) is 6.43. The van der Waals surface area contributed by atoms with Crippen molar-refractivity contribution >= 4 is 5.78 Å². The van der Waals surface area contributed by atoms with Crippen molar-refractivity contribution in [3.63, 3.8) is 0 Å². The van der Waals surface area contributed by atoms with Crippen LogP contribution in [-0.4, -0.2) is 23.1 Å². The molecule has 0 N–H and O–H groups in total. The van der Waals surface area contributed by atoms with Crippen molar-refractivity contribution in [3.05, 3.63) is 52.6 Å². The fourth-order valence-electron chi connectivity index (χ4n) is 1.95. The quantitative estimate of drug-likeness (QED) is 0.804. The molecule has 5 heteroatoms. The molecule has 0 unspecified atom stereocenters. The molecule has 20 heavy (non-hydrogen) atoms. The Morgan fingerprint density at radius 2 is 2.05 bits per heavy atom. The first-order chi connectivity index (χ1) is 9.52. The molecule has 4 nitrogen and oxygen atoms in total. The lowest BCUT2D eigenvalue weighted by Gasteiger charge is -2.08. The Morgan fingerprint density at radius 3 is 2.75 bits per heavy atom. The normalized spacial score (nSPS) is 10.4. The fraction of sp³-hybridized carbons (Fsp3) is 0.267. The van der Waals surface area contributed by atoms with Gasteiger partial charge >= 0.3 is 0 Å². The molecule has 1 aromatic carbocycles. The molecule has 1 aromatic heterocycles. The number of aryl methyl sites for hydroxylation is 2. The van der Waals surface area contributed by atoms with Gasteiger partial charge in [-0.3, -0.25) is 4.79 Å². The SMILES string of the molecule is COc1cccc(CC(=O)c2cc(C)nnc2C)c1F. The Kier molecular flexibility index (Phi) is 4.08. The van der Waals surface area contributed by atoms with Gasteiger partial charge in [0.05, 0.1) is 18.5 Å². The first kappa shape index (κ1) is 14.1. The number of aromatic nitrogens is 2. The largest absolute Gasteiger partial charge is 0.494 e. The van der Waals surface area contributed by atoms with Crippen molar-refractivity contribution in [1.82, 2.24) is 10.2 Å². The molecule has 0 saturated heterocycles. The highest BCUT2D eigenvalue weighted by Crippen LogP contribution is 2.21. The zero-order valence-corrected chi connectivity index (χ0v) is 11.6. The van der Waals surface area contributed by atoms with E-state index in [1.807, 2.05) is 0 Å². The van der Waals surface area contributed by atoms with Gasteiger partial charge in [-0.2, -0.15) is 10.2 Å². The van der Waals surface area contributed by atoms with Crippen LogP contribution in [0.25, 0.3) is 0 Å². The van der Waals surface area contributed by atoms with E-state index in [9.17, 15) is 9.18 Å². The maximum Gasteiger partial charge on any atom is 0.169 e. The number of hydrogen-bond acceptors (Lipinski definition) is 4. The number of methoxy groups -OCH3 is 1. The summed E-state index contributed by atoms with van der Waals surface area (Å²) in [5, 5.41) is 7.79. The minimum absolute atomic E-state index is 0.0327. The molecule has 0 saturated carbocycles. The number of halogens is 1. The zero-order chi connectivity index (χ0) is 14.7. The Bertz CT molecular complexity index is 656. The summed E-state index contributed by atoms with van der Waals surface area (Å²) in [6.07, 6.45) is -0.0327. The van der Waals surface area contributed by atoms with E-state index in [-0.39, 0.29) is 18.0 Å². The average Bonchev–Trinajstić information content (AvgIpc) is 2.43. The zero-order valence-electron chi connectivity index (χ0n) is 11.6. The van der Waals surface area contributed by atoms with Gasteiger partial charge in [0.15, 0.2) is 17.3 Å². The van der Waals surface area contributed by atoms with Gasteiger partial charge in [-0.15, -0.1) is 0 Å². The monoisotopic (exact) mass is 274 g/mol. The molecule has 2 aromatic rings. The summed E-state index contributed by atoms with van der Waals surface area (Å²) in [5.41, 5.74) is 1.98. The minimum atomic E-state index is -0.500. The van der Waals surface area contributed by atoms with Crippen molar-refractivity contribution in [3.8, 4) is 5.75 Å². The average molecular weight is 274 g/mol. The number of Topliss-reactive ketones (excluding diaryl/α,β-unsaturated/α-hetero) is 1. The first-order valence-electron chi connectivity index (χ1n) is 6.18. The molecule has 0 spiro atoms. The number of ether oxygens (including phenoxy) is 1. The maximum absolute atomic E-state index is 14.0. The third-order valence-electron chi connectivity index (χ3n) is 3.02. The smallest absolute Gasteiger partial charge is 0.169 e. The van der Waals surface area contributed by atoms with E-state index in [4.69, 9.17) is 4.74 Å². The highest BCUT2D eigenvalue weighted by atomic mass is 19.1. The number of rotatable bonds is 4. The molecule has 0 bridgehead atoms. The van der Waals surface area contributed by atoms with E-state index in [1.54, 1.807) is 32.0 Å². The van der Waals surface area contributed by atoms with Crippen LogP contribution in [0.2, 0.25) is 0 Å². The number of carbonyl (C=O) groups excluding carboxylic acids is 1. The molecule has 104 valence electrons. The van der Waals surface area contributed by atoms with E-state index in [0.29, 0.717) is 22.5 Å². The molecule has 0 aliphatic rings. The third kappa shape index (κ3) is 2.82. The van der Waals surface area contributed by atoms with Crippen LogP contribution in [0.3, 0.4) is 0 Å². The number of carbonyl (C=O) groups is 1. The highest BCUT2D eigenvalue weighted by molar-refractivity contribution is 5.98. The second kappa shape index (κ2) is 5.77. The van der Waals surface area contributed by atoms with Crippen LogP contribution in [-0.2, 0) is 6.42 Å². The minimum Gasteiger partial charge on any atom is -0.494 e. The molecular formula is C15H15FN2O2. The van der Waals surface area contributed by atoms with E-state index in [0.717, 1.165) is 0 Å². The Hall–Kier alpha value is -2.30. The van der Waals surface area contributed by atoms with E-state index in [1.165, 1.54) is 13.2 Å². The van der Waals surface area contributed by atoms with Gasteiger partial charge in [0.25, 0.3) is 0 Å². The summed E-state index contributed by atoms with van der Waals surface area (Å²) in [7, 11) is 1.39. The van der Waals surface area contributed by atoms with Gasteiger partial charge in [0.1, 0.15) is 0 Å². The van der Waals surface area contributed by atoms with Gasteiger partial charge in [0.2, 0.25) is 0 Å². The summed E-state index contributed by atoms with van der Waals surface area (Å²) < 4.78 is 18.9. The third-order valence-corrected chi connectivity index (χ3v) is 3.02. The van der Waals surface area contributed by atoms with Crippen LogP contribution in [0.4, 0.5) is 4.39 Å². The molecule has 0 amide bonds. The summed E-state index contributed by atoms with van der Waals surface area (Å²) in [6.45, 7) is 3.47. The van der Waals surface area contributed by atoms with E-state index < -0.39 is 5.82 Å². The van der Waals surface area contributed by atoms with Crippen molar-refractivity contribution in [2.45, 2.75) is 20.3 Å². The summed E-state index contributed by atoms with van der Waals surface area (Å²) in [4.78, 5) is 12.3. The topological polar surface area (TPSA) is 52.1 Å². The van der Waals surface area contributed by atoms with Crippen LogP contribution in [0.1, 0.15) is 27.3 Å². The molecule has 0 radical (unpaired) electrons. The molecular weight excluding hydrogens is 259 g/mol. The van der Waals surface area contributed by atoms with Crippen molar-refractivity contribution in [2.75, 3.05) is 7.11 Å². The van der Waals surface area contributed by atoms with Gasteiger partial charge in [-0.05, 0) is 31.5 Å². The molecule has 2 rings (SSSR count). The second-order valence-corrected chi connectivity index (χ2v) is 4.52.